The third kappa shape index (κ3) is 4.96. The average molecular weight is 358 g/mol. The number of guanidine groups is 1. The molecule has 1 aliphatic carbocycles. The Hall–Kier alpha value is -2.11. The summed E-state index contributed by atoms with van der Waals surface area (Å²) in [6, 6.07) is 3.77. The van der Waals surface area contributed by atoms with Gasteiger partial charge in [0.15, 0.2) is 5.96 Å². The normalized spacial score (nSPS) is 22.8. The molecule has 6 heteroatoms. The molecule has 0 bridgehead atoms. The number of amides is 1. The van der Waals surface area contributed by atoms with Crippen molar-refractivity contribution in [1.29, 1.82) is 0 Å². The molecule has 142 valence electrons. The van der Waals surface area contributed by atoms with E-state index < -0.39 is 0 Å². The van der Waals surface area contributed by atoms with Crippen LogP contribution in [0.25, 0.3) is 0 Å². The molecule has 2 heterocycles. The average Bonchev–Trinajstić information content (AvgIpc) is 3.07. The molecule has 2 N–H and O–H groups in total. The van der Waals surface area contributed by atoms with Gasteiger partial charge < -0.3 is 15.5 Å². The minimum Gasteiger partial charge on any atom is -0.357 e. The van der Waals surface area contributed by atoms with Crippen LogP contribution in [-0.4, -0.2) is 47.9 Å². The molecule has 0 radical (unpaired) electrons. The summed E-state index contributed by atoms with van der Waals surface area (Å²) >= 11 is 0. The van der Waals surface area contributed by atoms with Crippen LogP contribution in [0.2, 0.25) is 0 Å². The third-order valence-corrected chi connectivity index (χ3v) is 5.39. The van der Waals surface area contributed by atoms with Crippen LogP contribution >= 0.6 is 0 Å². The second-order valence-corrected chi connectivity index (χ2v) is 7.46. The summed E-state index contributed by atoms with van der Waals surface area (Å²) in [6.07, 6.45) is 7.57. The molecule has 6 nitrogen and oxygen atoms in total. The SMILES string of the molecule is CCNC(=NCCC(=O)Nc1ccc(C)cn1)N1CC2CCCCC2C1. The van der Waals surface area contributed by atoms with Gasteiger partial charge in [-0.05, 0) is 50.2 Å². The number of aliphatic imine (C=N–C) groups is 1. The van der Waals surface area contributed by atoms with Gasteiger partial charge in [-0.3, -0.25) is 9.79 Å². The molecule has 1 aromatic rings. The molecule has 0 aromatic carbocycles. The highest BCUT2D eigenvalue weighted by Gasteiger charge is 2.35. The number of pyridine rings is 1. The van der Waals surface area contributed by atoms with Crippen molar-refractivity contribution in [3.63, 3.8) is 0 Å². The molecule has 2 aliphatic rings. The number of hydrogen-bond donors (Lipinski definition) is 2. The highest BCUT2D eigenvalue weighted by molar-refractivity contribution is 5.90. The molecular weight excluding hydrogens is 326 g/mol. The first-order chi connectivity index (χ1) is 12.7. The molecular formula is C20H31N5O. The Morgan fingerprint density at radius 1 is 1.27 bits per heavy atom. The number of anilines is 1. The number of carbonyl (C=O) groups is 1. The smallest absolute Gasteiger partial charge is 0.227 e. The van der Waals surface area contributed by atoms with Crippen molar-refractivity contribution in [3.8, 4) is 0 Å². The van der Waals surface area contributed by atoms with Crippen LogP contribution in [0.15, 0.2) is 23.3 Å². The predicted octanol–water partition coefficient (Wildman–Crippen LogP) is 2.81. The molecule has 3 rings (SSSR count). The number of nitrogens with zero attached hydrogens (tertiary/aromatic N) is 3. The summed E-state index contributed by atoms with van der Waals surface area (Å²) in [5.74, 6) is 3.16. The molecule has 2 atom stereocenters. The summed E-state index contributed by atoms with van der Waals surface area (Å²) in [5.41, 5.74) is 1.08. The lowest BCUT2D eigenvalue weighted by molar-refractivity contribution is -0.116. The number of aryl methyl sites for hydroxylation is 1. The van der Waals surface area contributed by atoms with Crippen molar-refractivity contribution in [2.24, 2.45) is 16.8 Å². The fourth-order valence-electron chi connectivity index (χ4n) is 4.02. The van der Waals surface area contributed by atoms with E-state index in [1.165, 1.54) is 25.7 Å². The van der Waals surface area contributed by atoms with E-state index in [4.69, 9.17) is 4.99 Å². The summed E-state index contributed by atoms with van der Waals surface area (Å²) in [6.45, 7) is 7.63. The summed E-state index contributed by atoms with van der Waals surface area (Å²) < 4.78 is 0. The maximum Gasteiger partial charge on any atom is 0.227 e. The second kappa shape index (κ2) is 9.01. The zero-order valence-electron chi connectivity index (χ0n) is 16.0. The first-order valence-corrected chi connectivity index (χ1v) is 9.91. The van der Waals surface area contributed by atoms with E-state index in [1.54, 1.807) is 6.20 Å². The highest BCUT2D eigenvalue weighted by Crippen LogP contribution is 2.35. The number of nitrogens with one attached hydrogen (secondary N) is 2. The van der Waals surface area contributed by atoms with Crippen molar-refractivity contribution >= 4 is 17.7 Å². The molecule has 26 heavy (non-hydrogen) atoms. The molecule has 1 saturated heterocycles. The molecule has 2 unspecified atom stereocenters. The van der Waals surface area contributed by atoms with Crippen LogP contribution in [0.3, 0.4) is 0 Å². The lowest BCUT2D eigenvalue weighted by Gasteiger charge is -2.22. The first kappa shape index (κ1) is 18.7. The van der Waals surface area contributed by atoms with Crippen LogP contribution in [0.5, 0.6) is 0 Å². The van der Waals surface area contributed by atoms with Gasteiger partial charge in [0.25, 0.3) is 0 Å². The largest absolute Gasteiger partial charge is 0.357 e. The minimum absolute atomic E-state index is 0.0453. The van der Waals surface area contributed by atoms with Gasteiger partial charge in [-0.2, -0.15) is 0 Å². The molecule has 0 spiro atoms. The van der Waals surface area contributed by atoms with Crippen molar-refractivity contribution in [2.45, 2.75) is 46.0 Å². The monoisotopic (exact) mass is 357 g/mol. The maximum atomic E-state index is 12.1. The van der Waals surface area contributed by atoms with Crippen molar-refractivity contribution < 1.29 is 4.79 Å². The topological polar surface area (TPSA) is 69.6 Å². The lowest BCUT2D eigenvalue weighted by Crippen LogP contribution is -2.40. The van der Waals surface area contributed by atoms with Gasteiger partial charge in [0.2, 0.25) is 5.91 Å². The molecule has 2 fully saturated rings. The zero-order valence-corrected chi connectivity index (χ0v) is 16.0. The van der Waals surface area contributed by atoms with E-state index in [0.717, 1.165) is 43.0 Å². The van der Waals surface area contributed by atoms with E-state index in [-0.39, 0.29) is 5.91 Å². The fraction of sp³-hybridized carbons (Fsp3) is 0.650. The Kier molecular flexibility index (Phi) is 6.47. The van der Waals surface area contributed by atoms with Gasteiger partial charge in [-0.15, -0.1) is 0 Å². The molecule has 1 aromatic heterocycles. The molecule has 1 aliphatic heterocycles. The van der Waals surface area contributed by atoms with Crippen LogP contribution in [0.1, 0.15) is 44.6 Å². The number of aromatic nitrogens is 1. The van der Waals surface area contributed by atoms with Crippen LogP contribution in [0, 0.1) is 18.8 Å². The fourth-order valence-corrected chi connectivity index (χ4v) is 4.02. The summed E-state index contributed by atoms with van der Waals surface area (Å²) in [7, 11) is 0. The van der Waals surface area contributed by atoms with Gasteiger partial charge in [-0.25, -0.2) is 4.98 Å². The van der Waals surface area contributed by atoms with Gasteiger partial charge in [0, 0.05) is 32.3 Å². The number of fused-ring (bicyclic) bond motifs is 1. The number of rotatable bonds is 5. The predicted molar refractivity (Wildman–Crippen MR) is 105 cm³/mol. The van der Waals surface area contributed by atoms with Crippen LogP contribution < -0.4 is 10.6 Å². The van der Waals surface area contributed by atoms with Crippen LogP contribution in [-0.2, 0) is 4.79 Å². The minimum atomic E-state index is -0.0453. The number of likely N-dealkylation sites (tertiary alicyclic amines) is 1. The molecule has 1 amide bonds. The standard InChI is InChI=1S/C20H31N5O/c1-3-21-20(25-13-16-6-4-5-7-17(16)14-25)22-11-10-19(26)24-18-9-8-15(2)12-23-18/h8-9,12,16-17H,3-7,10-11,13-14H2,1-2H3,(H,21,22)(H,23,24,26). The number of hydrogen-bond acceptors (Lipinski definition) is 3. The highest BCUT2D eigenvalue weighted by atomic mass is 16.1. The van der Waals surface area contributed by atoms with E-state index in [0.29, 0.717) is 18.8 Å². The Bertz CT molecular complexity index is 614. The van der Waals surface area contributed by atoms with E-state index in [9.17, 15) is 4.79 Å². The second-order valence-electron chi connectivity index (χ2n) is 7.46. The lowest BCUT2D eigenvalue weighted by atomic mass is 9.82. The first-order valence-electron chi connectivity index (χ1n) is 9.91. The van der Waals surface area contributed by atoms with Crippen molar-refractivity contribution in [3.05, 3.63) is 23.9 Å². The van der Waals surface area contributed by atoms with Crippen molar-refractivity contribution in [2.75, 3.05) is 31.5 Å². The van der Waals surface area contributed by atoms with E-state index in [1.807, 2.05) is 19.1 Å². The zero-order chi connectivity index (χ0) is 18.4. The maximum absolute atomic E-state index is 12.1. The Balaban J connectivity index is 1.51. The summed E-state index contributed by atoms with van der Waals surface area (Å²) in [5, 5.41) is 6.23. The van der Waals surface area contributed by atoms with Crippen LogP contribution in [0.4, 0.5) is 5.82 Å². The van der Waals surface area contributed by atoms with Gasteiger partial charge in [0.05, 0.1) is 6.54 Å². The van der Waals surface area contributed by atoms with Crippen molar-refractivity contribution in [1.82, 2.24) is 15.2 Å². The Morgan fingerprint density at radius 2 is 2.00 bits per heavy atom. The molecule has 1 saturated carbocycles. The van der Waals surface area contributed by atoms with Gasteiger partial charge >= 0.3 is 0 Å². The van der Waals surface area contributed by atoms with Gasteiger partial charge in [-0.1, -0.05) is 18.9 Å². The Labute approximate surface area is 156 Å². The Morgan fingerprint density at radius 3 is 2.62 bits per heavy atom. The van der Waals surface area contributed by atoms with E-state index in [2.05, 4.69) is 27.4 Å². The van der Waals surface area contributed by atoms with E-state index >= 15 is 0 Å². The van der Waals surface area contributed by atoms with Gasteiger partial charge in [0.1, 0.15) is 5.82 Å². The summed E-state index contributed by atoms with van der Waals surface area (Å²) in [4.78, 5) is 23.4. The quantitative estimate of drug-likeness (QED) is 0.628. The third-order valence-electron chi connectivity index (χ3n) is 5.39. The number of carbonyl (C=O) groups excluding carboxylic acids is 1.